The zero-order valence-corrected chi connectivity index (χ0v) is 15.4. The molecule has 1 N–H and O–H groups in total. The first-order valence-electron chi connectivity index (χ1n) is 8.49. The lowest BCUT2D eigenvalue weighted by Gasteiger charge is -2.27. The summed E-state index contributed by atoms with van der Waals surface area (Å²) in [6, 6.07) is 8.58. The van der Waals surface area contributed by atoms with Crippen LogP contribution in [0, 0.1) is 0 Å². The van der Waals surface area contributed by atoms with E-state index in [9.17, 15) is 13.2 Å². The van der Waals surface area contributed by atoms with Crippen LogP contribution in [-0.4, -0.2) is 36.1 Å². The molecule has 0 atom stereocenters. The molecule has 134 valence electrons. The van der Waals surface area contributed by atoms with Crippen LogP contribution < -0.4 is 5.56 Å². The molecule has 0 spiro atoms. The average Bonchev–Trinajstić information content (AvgIpc) is 2.56. The van der Waals surface area contributed by atoms with Gasteiger partial charge in [-0.25, -0.2) is 13.4 Å². The number of nitrogens with one attached hydrogen (secondary N) is 1. The Hall–Kier alpha value is -1.99. The van der Waals surface area contributed by atoms with E-state index in [1.165, 1.54) is 11.1 Å². The third-order valence-electron chi connectivity index (χ3n) is 4.45. The fraction of sp³-hybridized carbons (Fsp3) is 0.444. The van der Waals surface area contributed by atoms with Gasteiger partial charge in [0.15, 0.2) is 0 Å². The Morgan fingerprint density at radius 3 is 2.52 bits per heavy atom. The number of aryl methyl sites for hydroxylation is 1. The Labute approximate surface area is 147 Å². The largest absolute Gasteiger partial charge is 0.297 e. The van der Waals surface area contributed by atoms with E-state index in [1.807, 2.05) is 0 Å². The fourth-order valence-corrected chi connectivity index (χ4v) is 3.68. The van der Waals surface area contributed by atoms with Gasteiger partial charge >= 0.3 is 0 Å². The van der Waals surface area contributed by atoms with E-state index in [2.05, 4.69) is 46.1 Å². The van der Waals surface area contributed by atoms with Gasteiger partial charge in [-0.15, -0.1) is 0 Å². The Morgan fingerprint density at radius 2 is 1.88 bits per heavy atom. The Balaban J connectivity index is 1.76. The average molecular weight is 361 g/mol. The molecule has 7 heteroatoms. The molecule has 0 bridgehead atoms. The summed E-state index contributed by atoms with van der Waals surface area (Å²) in [6.07, 6.45) is 3.85. The van der Waals surface area contributed by atoms with E-state index in [1.54, 1.807) is 0 Å². The number of nitrogens with zero attached hydrogens (tertiary/aromatic N) is 2. The third kappa shape index (κ3) is 4.16. The van der Waals surface area contributed by atoms with E-state index in [-0.39, 0.29) is 10.7 Å². The van der Waals surface area contributed by atoms with E-state index >= 15 is 0 Å². The maximum Gasteiger partial charge on any atom is 0.256 e. The lowest BCUT2D eigenvalue weighted by molar-refractivity contribution is 0.241. The van der Waals surface area contributed by atoms with Crippen LogP contribution in [0.15, 0.2) is 34.2 Å². The van der Waals surface area contributed by atoms with Gasteiger partial charge in [0.2, 0.25) is 15.0 Å². The highest BCUT2D eigenvalue weighted by atomic mass is 32.2. The molecular weight excluding hydrogens is 338 g/mol. The summed E-state index contributed by atoms with van der Waals surface area (Å²) in [6.45, 7) is 4.17. The molecule has 6 nitrogen and oxygen atoms in total. The number of aromatic amines is 1. The highest BCUT2D eigenvalue weighted by Gasteiger charge is 2.23. The highest BCUT2D eigenvalue weighted by molar-refractivity contribution is 7.90. The number of fused-ring (bicyclic) bond motifs is 1. The van der Waals surface area contributed by atoms with Crippen molar-refractivity contribution in [1.29, 1.82) is 0 Å². The first-order valence-corrected chi connectivity index (χ1v) is 10.4. The lowest BCUT2D eigenvalue weighted by Crippen LogP contribution is -2.36. The second-order valence-corrected chi connectivity index (χ2v) is 8.53. The van der Waals surface area contributed by atoms with Crippen molar-refractivity contribution in [2.45, 2.75) is 44.4 Å². The second-order valence-electron chi connectivity index (χ2n) is 6.60. The summed E-state index contributed by atoms with van der Waals surface area (Å²) in [5, 5.41) is -0.240. The molecule has 0 saturated carbocycles. The maximum absolute atomic E-state index is 12.3. The maximum atomic E-state index is 12.3. The molecule has 1 aromatic heterocycles. The Kier molecular flexibility index (Phi) is 5.06. The van der Waals surface area contributed by atoms with Crippen LogP contribution in [0.1, 0.15) is 35.7 Å². The summed E-state index contributed by atoms with van der Waals surface area (Å²) in [4.78, 5) is 21.0. The molecule has 25 heavy (non-hydrogen) atoms. The smallest absolute Gasteiger partial charge is 0.256 e. The summed E-state index contributed by atoms with van der Waals surface area (Å²) in [5.74, 6) is 0. The SMILES string of the molecule is CCCc1ccc(CN2CCc3nc(S(C)(=O)=O)[nH]c(=O)c3C2)cc1. The van der Waals surface area contributed by atoms with E-state index in [4.69, 9.17) is 0 Å². The van der Waals surface area contributed by atoms with E-state index in [0.717, 1.165) is 32.2 Å². The summed E-state index contributed by atoms with van der Waals surface area (Å²) in [5.41, 5.74) is 3.36. The monoisotopic (exact) mass is 361 g/mol. The number of hydrogen-bond donors (Lipinski definition) is 1. The van der Waals surface area contributed by atoms with Crippen molar-refractivity contribution >= 4 is 9.84 Å². The molecule has 0 amide bonds. The molecular formula is C18H23N3O3S. The van der Waals surface area contributed by atoms with Crippen LogP contribution in [0.3, 0.4) is 0 Å². The molecule has 0 radical (unpaired) electrons. The summed E-state index contributed by atoms with van der Waals surface area (Å²) < 4.78 is 23.2. The molecule has 2 aromatic rings. The first kappa shape index (κ1) is 17.8. The number of sulfone groups is 1. The number of aromatic nitrogens is 2. The molecule has 0 saturated heterocycles. The molecule has 0 fully saturated rings. The van der Waals surface area contributed by atoms with Gasteiger partial charge in [0, 0.05) is 32.3 Å². The van der Waals surface area contributed by atoms with Crippen LogP contribution in [0.5, 0.6) is 0 Å². The van der Waals surface area contributed by atoms with Gasteiger partial charge in [-0.2, -0.15) is 0 Å². The van der Waals surface area contributed by atoms with Crippen molar-refractivity contribution in [3.8, 4) is 0 Å². The zero-order chi connectivity index (χ0) is 18.0. The van der Waals surface area contributed by atoms with Crippen molar-refractivity contribution in [1.82, 2.24) is 14.9 Å². The molecule has 3 rings (SSSR count). The first-order chi connectivity index (χ1) is 11.9. The Morgan fingerprint density at radius 1 is 1.20 bits per heavy atom. The van der Waals surface area contributed by atoms with Crippen LogP contribution in [-0.2, 0) is 35.8 Å². The number of H-pyrrole nitrogens is 1. The van der Waals surface area contributed by atoms with Crippen molar-refractivity contribution < 1.29 is 8.42 Å². The lowest BCUT2D eigenvalue weighted by atomic mass is 10.0. The minimum atomic E-state index is -3.51. The summed E-state index contributed by atoms with van der Waals surface area (Å²) in [7, 11) is -3.51. The van der Waals surface area contributed by atoms with Crippen molar-refractivity contribution in [2.24, 2.45) is 0 Å². The minimum absolute atomic E-state index is 0.240. The van der Waals surface area contributed by atoms with Gasteiger partial charge in [-0.1, -0.05) is 37.6 Å². The van der Waals surface area contributed by atoms with Gasteiger partial charge in [0.1, 0.15) is 0 Å². The van der Waals surface area contributed by atoms with Gasteiger partial charge in [-0.05, 0) is 17.5 Å². The third-order valence-corrected chi connectivity index (χ3v) is 5.34. The second kappa shape index (κ2) is 7.09. The van der Waals surface area contributed by atoms with Crippen LogP contribution in [0.2, 0.25) is 0 Å². The zero-order valence-electron chi connectivity index (χ0n) is 14.6. The summed E-state index contributed by atoms with van der Waals surface area (Å²) >= 11 is 0. The van der Waals surface area contributed by atoms with Crippen LogP contribution in [0.25, 0.3) is 0 Å². The number of benzene rings is 1. The predicted octanol–water partition coefficient (Wildman–Crippen LogP) is 1.68. The van der Waals surface area contributed by atoms with Gasteiger partial charge in [0.25, 0.3) is 5.56 Å². The van der Waals surface area contributed by atoms with E-state index < -0.39 is 9.84 Å². The normalized spacial score (nSPS) is 15.1. The number of hydrogen-bond acceptors (Lipinski definition) is 5. The molecule has 1 aliphatic rings. The van der Waals surface area contributed by atoms with Crippen molar-refractivity contribution in [3.63, 3.8) is 0 Å². The molecule has 1 aliphatic heterocycles. The molecule has 0 aliphatic carbocycles. The molecule has 0 unspecified atom stereocenters. The quantitative estimate of drug-likeness (QED) is 0.820. The van der Waals surface area contributed by atoms with Crippen molar-refractivity contribution in [3.05, 3.63) is 57.0 Å². The standard InChI is InChI=1S/C18H23N3O3S/c1-3-4-13-5-7-14(8-6-13)11-21-10-9-16-15(12-21)17(22)20-18(19-16)25(2,23)24/h5-8H,3-4,9-12H2,1-2H3,(H,19,20,22). The number of rotatable bonds is 5. The fourth-order valence-electron chi connectivity index (χ4n) is 3.13. The van der Waals surface area contributed by atoms with Gasteiger partial charge in [0.05, 0.1) is 11.3 Å². The van der Waals surface area contributed by atoms with Crippen LogP contribution >= 0.6 is 0 Å². The molecule has 2 heterocycles. The minimum Gasteiger partial charge on any atom is -0.297 e. The highest BCUT2D eigenvalue weighted by Crippen LogP contribution is 2.18. The van der Waals surface area contributed by atoms with Crippen molar-refractivity contribution in [2.75, 3.05) is 12.8 Å². The Bertz CT molecular complexity index is 918. The van der Waals surface area contributed by atoms with E-state index in [0.29, 0.717) is 24.2 Å². The predicted molar refractivity (Wildman–Crippen MR) is 96.2 cm³/mol. The van der Waals surface area contributed by atoms with Gasteiger partial charge < -0.3 is 0 Å². The van der Waals surface area contributed by atoms with Crippen LogP contribution in [0.4, 0.5) is 0 Å². The molecule has 1 aromatic carbocycles. The van der Waals surface area contributed by atoms with Gasteiger partial charge in [-0.3, -0.25) is 14.7 Å². The topological polar surface area (TPSA) is 83.1 Å².